The molecular formula is C20H32. The van der Waals surface area contributed by atoms with Crippen molar-refractivity contribution in [3.8, 4) is 0 Å². The first-order valence-corrected chi connectivity index (χ1v) is 8.10. The second kappa shape index (κ2) is 4.61. The zero-order chi connectivity index (χ0) is 15.3. The lowest BCUT2D eigenvalue weighted by molar-refractivity contribution is 0.0419. The smallest absolute Gasteiger partial charge is 0.0132 e. The van der Waals surface area contributed by atoms with E-state index in [2.05, 4.69) is 73.6 Å². The van der Waals surface area contributed by atoms with E-state index in [0.717, 1.165) is 0 Å². The van der Waals surface area contributed by atoms with E-state index in [1.54, 1.807) is 11.1 Å². The van der Waals surface area contributed by atoms with Gasteiger partial charge in [0.05, 0.1) is 0 Å². The predicted molar refractivity (Wildman–Crippen MR) is 89.3 cm³/mol. The molecule has 1 aromatic carbocycles. The number of rotatable bonds is 1. The van der Waals surface area contributed by atoms with Crippen molar-refractivity contribution in [2.75, 3.05) is 0 Å². The van der Waals surface area contributed by atoms with Crippen LogP contribution in [0.15, 0.2) is 18.2 Å². The molecule has 1 unspecified atom stereocenters. The van der Waals surface area contributed by atoms with E-state index in [4.69, 9.17) is 0 Å². The highest BCUT2D eigenvalue weighted by atomic mass is 14.5. The summed E-state index contributed by atoms with van der Waals surface area (Å²) in [5.74, 6) is 0.716. The summed E-state index contributed by atoms with van der Waals surface area (Å²) in [5.41, 5.74) is 5.67. The Balaban J connectivity index is 2.44. The monoisotopic (exact) mass is 272 g/mol. The second-order valence-electron chi connectivity index (χ2n) is 9.15. The van der Waals surface area contributed by atoms with Gasteiger partial charge in [0.2, 0.25) is 0 Å². The Morgan fingerprint density at radius 3 is 1.90 bits per heavy atom. The zero-order valence-electron chi connectivity index (χ0n) is 14.7. The molecule has 0 saturated carbocycles. The van der Waals surface area contributed by atoms with Crippen LogP contribution in [0.25, 0.3) is 0 Å². The Labute approximate surface area is 126 Å². The van der Waals surface area contributed by atoms with Gasteiger partial charge in [-0.15, -0.1) is 0 Å². The molecule has 0 N–H and O–H groups in total. The summed E-state index contributed by atoms with van der Waals surface area (Å²) >= 11 is 0. The molecule has 0 saturated heterocycles. The molecule has 2 rings (SSSR count). The summed E-state index contributed by atoms with van der Waals surface area (Å²) in [4.78, 5) is 0. The minimum Gasteiger partial charge on any atom is -0.0622 e. The lowest BCUT2D eigenvalue weighted by Crippen LogP contribution is -2.41. The van der Waals surface area contributed by atoms with Crippen molar-refractivity contribution >= 4 is 0 Å². The summed E-state index contributed by atoms with van der Waals surface area (Å²) in [7, 11) is 0. The van der Waals surface area contributed by atoms with Gasteiger partial charge in [-0.1, -0.05) is 73.6 Å². The van der Waals surface area contributed by atoms with Crippen molar-refractivity contribution in [3.05, 3.63) is 34.9 Å². The van der Waals surface area contributed by atoms with E-state index in [1.165, 1.54) is 18.4 Å². The van der Waals surface area contributed by atoms with Crippen LogP contribution in [0.2, 0.25) is 0 Å². The van der Waals surface area contributed by atoms with Crippen LogP contribution in [-0.4, -0.2) is 0 Å². The first kappa shape index (κ1) is 15.6. The van der Waals surface area contributed by atoms with Gasteiger partial charge >= 0.3 is 0 Å². The molecule has 0 heterocycles. The van der Waals surface area contributed by atoms with Crippen LogP contribution in [0.4, 0.5) is 0 Å². The molecule has 0 fully saturated rings. The molecule has 0 radical (unpaired) electrons. The molecule has 1 aliphatic carbocycles. The predicted octanol–water partition coefficient (Wildman–Crippen LogP) is 5.77. The van der Waals surface area contributed by atoms with E-state index in [1.807, 2.05) is 0 Å². The molecule has 0 aliphatic heterocycles. The van der Waals surface area contributed by atoms with Gasteiger partial charge in [-0.25, -0.2) is 0 Å². The summed E-state index contributed by atoms with van der Waals surface area (Å²) in [6.45, 7) is 19.0. The molecule has 1 aromatic rings. The van der Waals surface area contributed by atoms with Crippen molar-refractivity contribution in [3.63, 3.8) is 0 Å². The molecule has 0 bridgehead atoms. The number of fused-ring (bicyclic) bond motifs is 1. The molecule has 0 heteroatoms. The third-order valence-corrected chi connectivity index (χ3v) is 5.68. The van der Waals surface area contributed by atoms with Crippen molar-refractivity contribution in [1.82, 2.24) is 0 Å². The fourth-order valence-corrected chi connectivity index (χ4v) is 3.98. The van der Waals surface area contributed by atoms with Crippen LogP contribution < -0.4 is 0 Å². The van der Waals surface area contributed by atoms with E-state index >= 15 is 0 Å². The summed E-state index contributed by atoms with van der Waals surface area (Å²) in [5, 5.41) is 0. The maximum absolute atomic E-state index is 2.48. The van der Waals surface area contributed by atoms with Crippen LogP contribution in [-0.2, 0) is 18.3 Å². The molecule has 0 nitrogen and oxygen atoms in total. The molecule has 0 aromatic heterocycles. The fourth-order valence-electron chi connectivity index (χ4n) is 3.98. The second-order valence-corrected chi connectivity index (χ2v) is 9.15. The Morgan fingerprint density at radius 2 is 1.45 bits per heavy atom. The third kappa shape index (κ3) is 2.43. The third-order valence-electron chi connectivity index (χ3n) is 5.68. The molecule has 0 amide bonds. The Kier molecular flexibility index (Phi) is 3.60. The normalized spacial score (nSPS) is 23.2. The highest BCUT2D eigenvalue weighted by Crippen LogP contribution is 2.54. The zero-order valence-corrected chi connectivity index (χ0v) is 14.7. The highest BCUT2D eigenvalue weighted by Gasteiger charge is 2.48. The number of hydrogen-bond donors (Lipinski definition) is 0. The standard InChI is InChI=1S/C20H32/c1-14(2)20(19(6,7)8)12-15-9-10-17(18(3,4)5)11-16(15)13-20/h9-11,14H,12-13H2,1-8H3. The Morgan fingerprint density at radius 1 is 0.900 bits per heavy atom. The van der Waals surface area contributed by atoms with E-state index < -0.39 is 0 Å². The summed E-state index contributed by atoms with van der Waals surface area (Å²) < 4.78 is 0. The minimum absolute atomic E-state index is 0.250. The molecule has 20 heavy (non-hydrogen) atoms. The summed E-state index contributed by atoms with van der Waals surface area (Å²) in [6, 6.07) is 7.22. The highest BCUT2D eigenvalue weighted by molar-refractivity contribution is 5.41. The van der Waals surface area contributed by atoms with Gasteiger partial charge in [-0.2, -0.15) is 0 Å². The maximum atomic E-state index is 2.48. The average molecular weight is 272 g/mol. The Bertz CT molecular complexity index is 494. The molecule has 1 aliphatic rings. The van der Waals surface area contributed by atoms with Crippen molar-refractivity contribution < 1.29 is 0 Å². The number of hydrogen-bond acceptors (Lipinski definition) is 0. The average Bonchev–Trinajstić information content (AvgIpc) is 2.66. The van der Waals surface area contributed by atoms with Gasteiger partial charge in [0, 0.05) is 0 Å². The van der Waals surface area contributed by atoms with Crippen LogP contribution in [0, 0.1) is 16.7 Å². The molecular weight excluding hydrogens is 240 g/mol. The first-order valence-electron chi connectivity index (χ1n) is 8.10. The van der Waals surface area contributed by atoms with Crippen molar-refractivity contribution in [2.45, 2.75) is 73.6 Å². The van der Waals surface area contributed by atoms with Crippen molar-refractivity contribution in [2.24, 2.45) is 16.7 Å². The maximum Gasteiger partial charge on any atom is -0.0132 e. The SMILES string of the molecule is CC(C)C1(C(C)(C)C)Cc2ccc(C(C)(C)C)cc2C1. The van der Waals surface area contributed by atoms with Gasteiger partial charge < -0.3 is 0 Å². The molecule has 0 spiro atoms. The van der Waals surface area contributed by atoms with Crippen molar-refractivity contribution in [1.29, 1.82) is 0 Å². The molecule has 1 atom stereocenters. The lowest BCUT2D eigenvalue weighted by Gasteiger charge is -2.45. The van der Waals surface area contributed by atoms with Gasteiger partial charge in [0.25, 0.3) is 0 Å². The lowest BCUT2D eigenvalue weighted by atomic mass is 9.59. The van der Waals surface area contributed by atoms with Gasteiger partial charge in [-0.3, -0.25) is 0 Å². The van der Waals surface area contributed by atoms with Crippen LogP contribution in [0.5, 0.6) is 0 Å². The van der Waals surface area contributed by atoms with Gasteiger partial charge in [-0.05, 0) is 51.7 Å². The first-order chi connectivity index (χ1) is 8.97. The Hall–Kier alpha value is -0.780. The van der Waals surface area contributed by atoms with E-state index in [0.29, 0.717) is 16.7 Å². The molecule has 112 valence electrons. The van der Waals surface area contributed by atoms with Crippen LogP contribution in [0.3, 0.4) is 0 Å². The summed E-state index contributed by atoms with van der Waals surface area (Å²) in [6.07, 6.45) is 2.49. The number of benzene rings is 1. The quantitative estimate of drug-likeness (QED) is 0.608. The van der Waals surface area contributed by atoms with Crippen LogP contribution in [0.1, 0.15) is 72.1 Å². The van der Waals surface area contributed by atoms with E-state index in [9.17, 15) is 0 Å². The minimum atomic E-state index is 0.250. The topological polar surface area (TPSA) is 0 Å². The fraction of sp³-hybridized carbons (Fsp3) is 0.700. The van der Waals surface area contributed by atoms with E-state index in [-0.39, 0.29) is 5.41 Å². The van der Waals surface area contributed by atoms with Gasteiger partial charge in [0.1, 0.15) is 0 Å². The van der Waals surface area contributed by atoms with Gasteiger partial charge in [0.15, 0.2) is 0 Å². The largest absolute Gasteiger partial charge is 0.0622 e. The van der Waals surface area contributed by atoms with Crippen LogP contribution >= 0.6 is 0 Å².